The van der Waals surface area contributed by atoms with Gasteiger partial charge >= 0.3 is 0 Å². The van der Waals surface area contributed by atoms with Crippen LogP contribution in [0.25, 0.3) is 0 Å². The third-order valence-corrected chi connectivity index (χ3v) is 4.03. The number of rotatable bonds is 3. The molecule has 0 radical (unpaired) electrons. The summed E-state index contributed by atoms with van der Waals surface area (Å²) in [6, 6.07) is 0.587. The van der Waals surface area contributed by atoms with Gasteiger partial charge in [-0.2, -0.15) is 0 Å². The summed E-state index contributed by atoms with van der Waals surface area (Å²) >= 11 is 0. The van der Waals surface area contributed by atoms with E-state index in [0.29, 0.717) is 24.0 Å². The molecule has 0 amide bonds. The molecule has 2 aliphatic rings. The molecule has 0 aliphatic carbocycles. The topological polar surface area (TPSA) is 21.3 Å². The van der Waals surface area contributed by atoms with E-state index in [1.165, 1.54) is 6.42 Å². The first kappa shape index (κ1) is 11.4. The van der Waals surface area contributed by atoms with Gasteiger partial charge < -0.3 is 10.1 Å². The van der Waals surface area contributed by atoms with Crippen LogP contribution < -0.4 is 5.32 Å². The van der Waals surface area contributed by atoms with Crippen LogP contribution in [0.2, 0.25) is 0 Å². The molecule has 2 nitrogen and oxygen atoms in total. The maximum Gasteiger partial charge on any atom is 0.0859 e. The van der Waals surface area contributed by atoms with Crippen molar-refractivity contribution in [3.05, 3.63) is 0 Å². The highest BCUT2D eigenvalue weighted by atomic mass is 16.5. The van der Waals surface area contributed by atoms with Gasteiger partial charge in [0.25, 0.3) is 0 Å². The van der Waals surface area contributed by atoms with Crippen molar-refractivity contribution in [3.63, 3.8) is 0 Å². The molecule has 4 unspecified atom stereocenters. The lowest BCUT2D eigenvalue weighted by molar-refractivity contribution is -0.0771. The van der Waals surface area contributed by atoms with Crippen LogP contribution in [0.5, 0.6) is 0 Å². The van der Waals surface area contributed by atoms with Crippen molar-refractivity contribution >= 4 is 0 Å². The van der Waals surface area contributed by atoms with E-state index in [1.807, 2.05) is 0 Å². The Morgan fingerprint density at radius 2 is 2.00 bits per heavy atom. The normalized spacial score (nSPS) is 44.6. The summed E-state index contributed by atoms with van der Waals surface area (Å²) in [6.45, 7) is 12.5. The molecule has 2 heterocycles. The van der Waals surface area contributed by atoms with Crippen LogP contribution in [0, 0.1) is 17.8 Å². The molecule has 0 aromatic rings. The van der Waals surface area contributed by atoms with Crippen LogP contribution in [0.1, 0.15) is 41.0 Å². The van der Waals surface area contributed by atoms with Crippen molar-refractivity contribution in [3.8, 4) is 0 Å². The third-order valence-electron chi connectivity index (χ3n) is 4.03. The van der Waals surface area contributed by atoms with Crippen LogP contribution in [0.3, 0.4) is 0 Å². The van der Waals surface area contributed by atoms with Gasteiger partial charge in [0.2, 0.25) is 0 Å². The molecule has 88 valence electrons. The lowest BCUT2D eigenvalue weighted by Crippen LogP contribution is -2.44. The Morgan fingerprint density at radius 3 is 2.47 bits per heavy atom. The maximum absolute atomic E-state index is 6.27. The van der Waals surface area contributed by atoms with Gasteiger partial charge in [-0.1, -0.05) is 27.7 Å². The van der Waals surface area contributed by atoms with Gasteiger partial charge in [-0.3, -0.25) is 0 Å². The van der Waals surface area contributed by atoms with E-state index in [4.69, 9.17) is 4.74 Å². The highest BCUT2D eigenvalue weighted by Gasteiger charge is 2.58. The minimum atomic E-state index is 0.131. The minimum absolute atomic E-state index is 0.131. The predicted molar refractivity (Wildman–Crippen MR) is 62.9 cm³/mol. The number of hydrogen-bond donors (Lipinski definition) is 1. The summed E-state index contributed by atoms with van der Waals surface area (Å²) in [5, 5.41) is 3.66. The van der Waals surface area contributed by atoms with E-state index in [-0.39, 0.29) is 5.60 Å². The van der Waals surface area contributed by atoms with E-state index in [2.05, 4.69) is 39.9 Å². The van der Waals surface area contributed by atoms with E-state index in [0.717, 1.165) is 12.5 Å². The van der Waals surface area contributed by atoms with Crippen molar-refractivity contribution in [1.29, 1.82) is 0 Å². The monoisotopic (exact) mass is 211 g/mol. The maximum atomic E-state index is 6.27. The molecule has 0 aromatic carbocycles. The van der Waals surface area contributed by atoms with Gasteiger partial charge in [0.05, 0.1) is 11.7 Å². The molecular weight excluding hydrogens is 186 g/mol. The Labute approximate surface area is 93.8 Å². The number of ether oxygens (including phenoxy) is 1. The standard InChI is InChI=1S/C13H25NO/c1-8(2)6-13-7-14-12(10(5)15-13)11(13)9(3)4/h8-12,14H,6-7H2,1-5H3. The Kier molecular flexibility index (Phi) is 2.85. The lowest BCUT2D eigenvalue weighted by atomic mass is 9.76. The van der Waals surface area contributed by atoms with E-state index in [9.17, 15) is 0 Å². The first-order chi connectivity index (χ1) is 6.96. The molecule has 15 heavy (non-hydrogen) atoms. The predicted octanol–water partition coefficient (Wildman–Crippen LogP) is 2.43. The summed E-state index contributed by atoms with van der Waals surface area (Å²) < 4.78 is 6.27. The number of fused-ring (bicyclic) bond motifs is 2. The molecule has 2 rings (SSSR count). The van der Waals surface area contributed by atoms with Gasteiger partial charge in [-0.25, -0.2) is 0 Å². The van der Waals surface area contributed by atoms with E-state index in [1.54, 1.807) is 0 Å². The largest absolute Gasteiger partial charge is 0.369 e. The van der Waals surface area contributed by atoms with Gasteiger partial charge in [-0.05, 0) is 25.2 Å². The fourth-order valence-electron chi connectivity index (χ4n) is 3.85. The Morgan fingerprint density at radius 1 is 1.33 bits per heavy atom. The molecule has 2 saturated heterocycles. The molecule has 2 bridgehead atoms. The van der Waals surface area contributed by atoms with Crippen molar-refractivity contribution in [2.45, 2.75) is 58.8 Å². The SMILES string of the molecule is CC(C)CC12CNC(C(C)O1)C2C(C)C. The minimum Gasteiger partial charge on any atom is -0.369 e. The molecule has 0 aromatic heterocycles. The van der Waals surface area contributed by atoms with Gasteiger partial charge in [0.1, 0.15) is 0 Å². The number of hydrogen-bond acceptors (Lipinski definition) is 2. The lowest BCUT2D eigenvalue weighted by Gasteiger charge is -2.34. The van der Waals surface area contributed by atoms with Gasteiger partial charge in [-0.15, -0.1) is 0 Å². The zero-order valence-electron chi connectivity index (χ0n) is 10.7. The fourth-order valence-corrected chi connectivity index (χ4v) is 3.85. The van der Waals surface area contributed by atoms with E-state index < -0.39 is 0 Å². The molecular formula is C13H25NO. The highest BCUT2D eigenvalue weighted by molar-refractivity contribution is 5.11. The van der Waals surface area contributed by atoms with Crippen LogP contribution in [0.15, 0.2) is 0 Å². The van der Waals surface area contributed by atoms with Crippen molar-refractivity contribution in [2.24, 2.45) is 17.8 Å². The van der Waals surface area contributed by atoms with Gasteiger partial charge in [0.15, 0.2) is 0 Å². The van der Waals surface area contributed by atoms with Crippen LogP contribution in [-0.2, 0) is 4.74 Å². The molecule has 4 atom stereocenters. The zero-order valence-corrected chi connectivity index (χ0v) is 10.7. The molecule has 1 N–H and O–H groups in total. The third kappa shape index (κ3) is 1.72. The summed E-state index contributed by atoms with van der Waals surface area (Å²) in [4.78, 5) is 0. The molecule has 0 spiro atoms. The smallest absolute Gasteiger partial charge is 0.0859 e. The van der Waals surface area contributed by atoms with Crippen LogP contribution in [-0.4, -0.2) is 24.3 Å². The zero-order chi connectivity index (χ0) is 11.2. The van der Waals surface area contributed by atoms with Gasteiger partial charge in [0, 0.05) is 18.5 Å². The summed E-state index contributed by atoms with van der Waals surface area (Å²) in [7, 11) is 0. The molecule has 0 saturated carbocycles. The molecule has 2 aliphatic heterocycles. The first-order valence-electron chi connectivity index (χ1n) is 6.37. The summed E-state index contributed by atoms with van der Waals surface area (Å²) in [6.07, 6.45) is 1.59. The summed E-state index contributed by atoms with van der Waals surface area (Å²) in [5.41, 5.74) is 0.131. The average Bonchev–Trinajstić information content (AvgIpc) is 2.53. The Bertz CT molecular complexity index is 239. The van der Waals surface area contributed by atoms with Crippen molar-refractivity contribution in [2.75, 3.05) is 6.54 Å². The number of nitrogens with one attached hydrogen (secondary N) is 1. The second-order valence-electron chi connectivity index (χ2n) is 6.16. The average molecular weight is 211 g/mol. The molecule has 2 heteroatoms. The second-order valence-corrected chi connectivity index (χ2v) is 6.16. The van der Waals surface area contributed by atoms with Crippen LogP contribution >= 0.6 is 0 Å². The van der Waals surface area contributed by atoms with E-state index >= 15 is 0 Å². The Balaban J connectivity index is 2.21. The highest BCUT2D eigenvalue weighted by Crippen LogP contribution is 2.48. The summed E-state index contributed by atoms with van der Waals surface area (Å²) in [5.74, 6) is 2.14. The quantitative estimate of drug-likeness (QED) is 0.774. The Hall–Kier alpha value is -0.0800. The first-order valence-corrected chi connectivity index (χ1v) is 6.37. The fraction of sp³-hybridized carbons (Fsp3) is 1.00. The number of morpholine rings is 1. The van der Waals surface area contributed by atoms with Crippen molar-refractivity contribution in [1.82, 2.24) is 5.32 Å². The second kappa shape index (κ2) is 3.74. The van der Waals surface area contributed by atoms with Crippen molar-refractivity contribution < 1.29 is 4.74 Å². The molecule has 2 fully saturated rings. The van der Waals surface area contributed by atoms with Crippen LogP contribution in [0.4, 0.5) is 0 Å².